The average Bonchev–Trinajstić information content (AvgIpc) is 2.88. The zero-order valence-corrected chi connectivity index (χ0v) is 15.8. The zero-order chi connectivity index (χ0) is 16.8. The lowest BCUT2D eigenvalue weighted by molar-refractivity contribution is -0.114. The lowest BCUT2D eigenvalue weighted by Crippen LogP contribution is -2.46. The molecule has 0 spiro atoms. The van der Waals surface area contributed by atoms with Crippen molar-refractivity contribution >= 4 is 0 Å². The molecule has 3 aliphatic rings. The van der Waals surface area contributed by atoms with E-state index in [1.807, 2.05) is 0 Å². The molecule has 3 nitrogen and oxygen atoms in total. The van der Waals surface area contributed by atoms with Crippen LogP contribution < -0.4 is 0 Å². The van der Waals surface area contributed by atoms with Gasteiger partial charge in [-0.2, -0.15) is 0 Å². The number of hydrogen-bond donors (Lipinski definition) is 1. The molecule has 2 bridgehead atoms. The first-order chi connectivity index (χ1) is 10.7. The van der Waals surface area contributed by atoms with Gasteiger partial charge >= 0.3 is 0 Å². The molecule has 3 heteroatoms. The van der Waals surface area contributed by atoms with Crippen molar-refractivity contribution in [3.63, 3.8) is 0 Å². The summed E-state index contributed by atoms with van der Waals surface area (Å²) < 4.78 is 6.34. The third-order valence-corrected chi connectivity index (χ3v) is 7.01. The van der Waals surface area contributed by atoms with Gasteiger partial charge in [0.25, 0.3) is 0 Å². The van der Waals surface area contributed by atoms with Gasteiger partial charge in [0.2, 0.25) is 0 Å². The van der Waals surface area contributed by atoms with Gasteiger partial charge in [-0.25, -0.2) is 0 Å². The summed E-state index contributed by atoms with van der Waals surface area (Å²) >= 11 is 0. The molecular formula is C20H37NO2. The molecule has 0 unspecified atom stereocenters. The number of β-amino-alcohol motifs (C(OH)–C–C–N with tert-alkyl or cyclic N) is 1. The van der Waals surface area contributed by atoms with Crippen LogP contribution in [0.4, 0.5) is 0 Å². The van der Waals surface area contributed by atoms with Crippen molar-refractivity contribution in [3.8, 4) is 0 Å². The summed E-state index contributed by atoms with van der Waals surface area (Å²) in [7, 11) is 0. The number of fused-ring (bicyclic) bond motifs is 2. The van der Waals surface area contributed by atoms with E-state index in [1.54, 1.807) is 0 Å². The Morgan fingerprint density at radius 1 is 1.17 bits per heavy atom. The Morgan fingerprint density at radius 3 is 2.39 bits per heavy atom. The van der Waals surface area contributed by atoms with Crippen LogP contribution in [0.3, 0.4) is 0 Å². The maximum absolute atomic E-state index is 10.5. The van der Waals surface area contributed by atoms with E-state index in [0.717, 1.165) is 37.4 Å². The normalized spacial score (nSPS) is 44.6. The molecule has 134 valence electrons. The molecule has 6 atom stereocenters. The van der Waals surface area contributed by atoms with Crippen LogP contribution in [0.2, 0.25) is 0 Å². The van der Waals surface area contributed by atoms with Crippen molar-refractivity contribution < 1.29 is 9.84 Å². The number of nitrogens with zero attached hydrogens (tertiary/aromatic N) is 1. The van der Waals surface area contributed by atoms with E-state index in [4.69, 9.17) is 4.74 Å². The Balaban J connectivity index is 1.50. The number of aliphatic hydroxyl groups excluding tert-OH is 1. The van der Waals surface area contributed by atoms with Gasteiger partial charge in [-0.1, -0.05) is 34.6 Å². The molecule has 0 aromatic rings. The summed E-state index contributed by atoms with van der Waals surface area (Å²) in [4.78, 5) is 2.43. The molecule has 0 amide bonds. The summed E-state index contributed by atoms with van der Waals surface area (Å²) in [5, 5.41) is 10.5. The van der Waals surface area contributed by atoms with Crippen molar-refractivity contribution in [2.75, 3.05) is 26.2 Å². The Hall–Kier alpha value is -0.120. The molecule has 23 heavy (non-hydrogen) atoms. The Bertz CT molecular complexity index is 409. The second-order valence-electron chi connectivity index (χ2n) is 9.95. The lowest BCUT2D eigenvalue weighted by atomic mass is 9.70. The highest BCUT2D eigenvalue weighted by atomic mass is 16.5. The van der Waals surface area contributed by atoms with Crippen molar-refractivity contribution in [1.29, 1.82) is 0 Å². The molecule has 0 aromatic heterocycles. The van der Waals surface area contributed by atoms with Crippen LogP contribution in [0.15, 0.2) is 0 Å². The van der Waals surface area contributed by atoms with Crippen LogP contribution in [-0.2, 0) is 4.74 Å². The first-order valence-corrected chi connectivity index (χ1v) is 9.73. The number of aliphatic hydroxyl groups is 1. The SMILES string of the molecule is C[C@@H]1C[C@@H](C)CN(C[C@H](O)CO[C@@H]2C(C)(C)[C@@H]3CC[C@]2(C)C3)C1. The quantitative estimate of drug-likeness (QED) is 0.840. The van der Waals surface area contributed by atoms with Gasteiger partial charge in [0, 0.05) is 19.6 Å². The molecule has 1 N–H and O–H groups in total. The summed E-state index contributed by atoms with van der Waals surface area (Å²) in [5.41, 5.74) is 0.600. The van der Waals surface area contributed by atoms with E-state index in [1.165, 1.54) is 25.7 Å². The summed E-state index contributed by atoms with van der Waals surface area (Å²) in [6.07, 6.45) is 5.23. The highest BCUT2D eigenvalue weighted by Crippen LogP contribution is 2.63. The maximum atomic E-state index is 10.5. The van der Waals surface area contributed by atoms with Gasteiger partial charge in [-0.15, -0.1) is 0 Å². The first-order valence-electron chi connectivity index (χ1n) is 9.73. The minimum absolute atomic E-state index is 0.265. The number of rotatable bonds is 5. The standard InChI is InChI=1S/C20H37NO2/c1-14-8-15(2)11-21(10-14)12-17(22)13-23-18-19(3,4)16-6-7-20(18,5)9-16/h14-18,22H,6-13H2,1-5H3/t14-,15-,16-,17+,18-,20-/m1/s1. The van der Waals surface area contributed by atoms with Gasteiger partial charge in [0.05, 0.1) is 18.8 Å². The molecule has 1 saturated heterocycles. The fraction of sp³-hybridized carbons (Fsp3) is 1.00. The van der Waals surface area contributed by atoms with Gasteiger partial charge in [0.1, 0.15) is 0 Å². The Morgan fingerprint density at radius 2 is 1.83 bits per heavy atom. The molecule has 0 radical (unpaired) electrons. The monoisotopic (exact) mass is 323 g/mol. The Kier molecular flexibility index (Phi) is 4.85. The van der Waals surface area contributed by atoms with E-state index in [2.05, 4.69) is 39.5 Å². The molecule has 1 aliphatic heterocycles. The van der Waals surface area contributed by atoms with Crippen molar-refractivity contribution in [2.24, 2.45) is 28.6 Å². The largest absolute Gasteiger partial charge is 0.389 e. The van der Waals surface area contributed by atoms with E-state index < -0.39 is 0 Å². The fourth-order valence-corrected chi connectivity index (χ4v) is 6.17. The minimum atomic E-state index is -0.356. The highest BCUT2D eigenvalue weighted by molar-refractivity contribution is 5.09. The number of ether oxygens (including phenoxy) is 1. The third-order valence-electron chi connectivity index (χ3n) is 7.01. The third kappa shape index (κ3) is 3.48. The van der Waals surface area contributed by atoms with Crippen LogP contribution in [0.5, 0.6) is 0 Å². The smallest absolute Gasteiger partial charge is 0.0900 e. The fourth-order valence-electron chi connectivity index (χ4n) is 6.17. The second-order valence-corrected chi connectivity index (χ2v) is 9.95. The predicted octanol–water partition coefficient (Wildman–Crippen LogP) is 3.56. The predicted molar refractivity (Wildman–Crippen MR) is 94.4 cm³/mol. The van der Waals surface area contributed by atoms with E-state index >= 15 is 0 Å². The Labute approximate surface area is 142 Å². The summed E-state index contributed by atoms with van der Waals surface area (Å²) in [5.74, 6) is 2.30. The number of likely N-dealkylation sites (tertiary alicyclic amines) is 1. The molecule has 2 saturated carbocycles. The topological polar surface area (TPSA) is 32.7 Å². The average molecular weight is 324 g/mol. The minimum Gasteiger partial charge on any atom is -0.389 e. The van der Waals surface area contributed by atoms with Crippen LogP contribution in [0.1, 0.15) is 60.3 Å². The summed E-state index contributed by atoms with van der Waals surface area (Å²) in [6, 6.07) is 0. The van der Waals surface area contributed by atoms with Crippen molar-refractivity contribution in [2.45, 2.75) is 72.5 Å². The second kappa shape index (κ2) is 6.31. The van der Waals surface area contributed by atoms with Gasteiger partial charge in [-0.05, 0) is 54.3 Å². The maximum Gasteiger partial charge on any atom is 0.0900 e. The van der Waals surface area contributed by atoms with Crippen LogP contribution in [-0.4, -0.2) is 48.5 Å². The number of piperidine rings is 1. The highest BCUT2D eigenvalue weighted by Gasteiger charge is 2.60. The first kappa shape index (κ1) is 17.7. The van der Waals surface area contributed by atoms with Gasteiger partial charge in [-0.3, -0.25) is 0 Å². The molecule has 0 aromatic carbocycles. The lowest BCUT2D eigenvalue weighted by Gasteiger charge is -2.43. The van der Waals surface area contributed by atoms with Crippen LogP contribution in [0.25, 0.3) is 0 Å². The van der Waals surface area contributed by atoms with Crippen LogP contribution >= 0.6 is 0 Å². The van der Waals surface area contributed by atoms with Crippen molar-refractivity contribution in [3.05, 3.63) is 0 Å². The molecule has 3 rings (SSSR count). The van der Waals surface area contributed by atoms with Gasteiger partial charge < -0.3 is 14.7 Å². The molecule has 2 aliphatic carbocycles. The van der Waals surface area contributed by atoms with Crippen LogP contribution in [0, 0.1) is 28.6 Å². The van der Waals surface area contributed by atoms with Crippen molar-refractivity contribution in [1.82, 2.24) is 4.90 Å². The zero-order valence-electron chi connectivity index (χ0n) is 15.8. The van der Waals surface area contributed by atoms with E-state index in [9.17, 15) is 5.11 Å². The van der Waals surface area contributed by atoms with E-state index in [0.29, 0.717) is 18.1 Å². The molecular weight excluding hydrogens is 286 g/mol. The van der Waals surface area contributed by atoms with Gasteiger partial charge in [0.15, 0.2) is 0 Å². The summed E-state index contributed by atoms with van der Waals surface area (Å²) in [6.45, 7) is 15.3. The number of hydrogen-bond acceptors (Lipinski definition) is 3. The molecule has 3 fully saturated rings. The van der Waals surface area contributed by atoms with E-state index in [-0.39, 0.29) is 11.5 Å². The molecule has 1 heterocycles.